The van der Waals surface area contributed by atoms with E-state index < -0.39 is 0 Å². The number of oxazole rings is 1. The highest BCUT2D eigenvalue weighted by atomic mass is 16.5. The van der Waals surface area contributed by atoms with Gasteiger partial charge in [0.05, 0.1) is 20.3 Å². The summed E-state index contributed by atoms with van der Waals surface area (Å²) in [4.78, 5) is 13.8. The molecule has 0 radical (unpaired) electrons. The minimum Gasteiger partial charge on any atom is -0.497 e. The highest BCUT2D eigenvalue weighted by molar-refractivity contribution is 5.50. The van der Waals surface area contributed by atoms with Crippen molar-refractivity contribution in [2.24, 2.45) is 0 Å². The Balaban J connectivity index is 1.22. The summed E-state index contributed by atoms with van der Waals surface area (Å²) < 4.78 is 23.2. The topological polar surface area (TPSA) is 66.7 Å². The molecule has 0 N–H and O–H groups in total. The number of aromatic nitrogens is 1. The van der Waals surface area contributed by atoms with E-state index in [1.54, 1.807) is 13.4 Å². The van der Waals surface area contributed by atoms with Crippen LogP contribution in [0.4, 0.5) is 17.4 Å². The monoisotopic (exact) mass is 585 g/mol. The number of nitrogens with zero attached hydrogens (tertiary/aromatic N) is 5. The van der Waals surface area contributed by atoms with Crippen LogP contribution in [0.15, 0.2) is 83.5 Å². The van der Waals surface area contributed by atoms with Gasteiger partial charge in [0.1, 0.15) is 30.1 Å². The molecule has 4 aromatic rings. The average molecular weight is 586 g/mol. The fourth-order valence-corrected chi connectivity index (χ4v) is 5.07. The second-order valence-corrected chi connectivity index (χ2v) is 11.1. The predicted octanol–water partition coefficient (Wildman–Crippen LogP) is 5.30. The van der Waals surface area contributed by atoms with Gasteiger partial charge in [-0.3, -0.25) is 0 Å². The number of ether oxygens (including phenoxy) is 3. The van der Waals surface area contributed by atoms with Crippen molar-refractivity contribution in [3.05, 3.63) is 95.9 Å². The molecule has 2 heterocycles. The first-order valence-electron chi connectivity index (χ1n) is 14.8. The maximum absolute atomic E-state index is 6.00. The third kappa shape index (κ3) is 8.65. The van der Waals surface area contributed by atoms with E-state index in [4.69, 9.17) is 23.6 Å². The molecule has 1 aliphatic rings. The van der Waals surface area contributed by atoms with Crippen LogP contribution in [0.25, 0.3) is 0 Å². The molecule has 0 bridgehead atoms. The molecule has 0 atom stereocenters. The van der Waals surface area contributed by atoms with Gasteiger partial charge in [0, 0.05) is 70.8 Å². The van der Waals surface area contributed by atoms with E-state index in [1.165, 1.54) is 11.3 Å². The van der Waals surface area contributed by atoms with Crippen LogP contribution in [0, 0.1) is 0 Å². The SMILES string of the molecule is COc1cccc(CN(Cc2cccc(N3CCN(C)CC3)c2)c2nc(COCCOc3cccc(N(C)C)c3)co2)c1. The van der Waals surface area contributed by atoms with Crippen molar-refractivity contribution in [1.82, 2.24) is 9.88 Å². The molecular formula is C34H43N5O4. The van der Waals surface area contributed by atoms with Gasteiger partial charge >= 0.3 is 0 Å². The number of piperazine rings is 1. The highest BCUT2D eigenvalue weighted by Crippen LogP contribution is 2.25. The normalized spacial score (nSPS) is 13.6. The summed E-state index contributed by atoms with van der Waals surface area (Å²) in [5.41, 5.74) is 5.40. The van der Waals surface area contributed by atoms with Gasteiger partial charge in [-0.2, -0.15) is 4.98 Å². The number of likely N-dealkylation sites (N-methyl/N-ethyl adjacent to an activating group) is 1. The van der Waals surface area contributed by atoms with Crippen molar-refractivity contribution in [1.29, 1.82) is 0 Å². The average Bonchev–Trinajstić information content (AvgIpc) is 3.50. The van der Waals surface area contributed by atoms with Crippen LogP contribution in [0.1, 0.15) is 16.8 Å². The van der Waals surface area contributed by atoms with Crippen LogP contribution < -0.4 is 24.2 Å². The number of methoxy groups -OCH3 is 1. The van der Waals surface area contributed by atoms with Crippen molar-refractivity contribution >= 4 is 17.4 Å². The molecule has 9 nitrogen and oxygen atoms in total. The van der Waals surface area contributed by atoms with Crippen molar-refractivity contribution in [3.8, 4) is 11.5 Å². The quantitative estimate of drug-likeness (QED) is 0.183. The molecule has 1 aromatic heterocycles. The maximum atomic E-state index is 6.00. The van der Waals surface area contributed by atoms with E-state index in [2.05, 4.69) is 58.1 Å². The zero-order valence-electron chi connectivity index (χ0n) is 25.7. The lowest BCUT2D eigenvalue weighted by molar-refractivity contribution is 0.0869. The Labute approximate surface area is 255 Å². The zero-order valence-corrected chi connectivity index (χ0v) is 25.7. The molecule has 1 saturated heterocycles. The summed E-state index contributed by atoms with van der Waals surface area (Å²) in [5, 5.41) is 0. The van der Waals surface area contributed by atoms with Gasteiger partial charge in [-0.25, -0.2) is 0 Å². The van der Waals surface area contributed by atoms with Gasteiger partial charge in [-0.1, -0.05) is 30.3 Å². The van der Waals surface area contributed by atoms with E-state index >= 15 is 0 Å². The third-order valence-corrected chi connectivity index (χ3v) is 7.55. The van der Waals surface area contributed by atoms with Crippen LogP contribution in [0.3, 0.4) is 0 Å². The molecule has 9 heteroatoms. The van der Waals surface area contributed by atoms with Gasteiger partial charge in [-0.15, -0.1) is 0 Å². The van der Waals surface area contributed by atoms with E-state index in [0.29, 0.717) is 38.9 Å². The third-order valence-electron chi connectivity index (χ3n) is 7.55. The van der Waals surface area contributed by atoms with Crippen molar-refractivity contribution in [2.45, 2.75) is 19.7 Å². The van der Waals surface area contributed by atoms with Crippen molar-refractivity contribution < 1.29 is 18.6 Å². The van der Waals surface area contributed by atoms with Gasteiger partial charge in [-0.05, 0) is 54.6 Å². The Hall–Kier alpha value is -4.21. The molecule has 228 valence electrons. The number of anilines is 3. The second-order valence-electron chi connectivity index (χ2n) is 11.1. The largest absolute Gasteiger partial charge is 0.497 e. The summed E-state index contributed by atoms with van der Waals surface area (Å²) in [6, 6.07) is 25.5. The van der Waals surface area contributed by atoms with E-state index in [-0.39, 0.29) is 0 Å². The van der Waals surface area contributed by atoms with Crippen molar-refractivity contribution in [3.63, 3.8) is 0 Å². The number of rotatable bonds is 14. The van der Waals surface area contributed by atoms with Crippen LogP contribution in [0.5, 0.6) is 11.5 Å². The summed E-state index contributed by atoms with van der Waals surface area (Å²) in [7, 11) is 7.89. The Morgan fingerprint density at radius 1 is 0.837 bits per heavy atom. The predicted molar refractivity (Wildman–Crippen MR) is 171 cm³/mol. The first kappa shape index (κ1) is 30.3. The fourth-order valence-electron chi connectivity index (χ4n) is 5.07. The molecule has 5 rings (SSSR count). The van der Waals surface area contributed by atoms with Gasteiger partial charge in [0.25, 0.3) is 6.01 Å². The summed E-state index contributed by atoms with van der Waals surface area (Å²) in [6.07, 6.45) is 1.68. The lowest BCUT2D eigenvalue weighted by Gasteiger charge is -2.34. The van der Waals surface area contributed by atoms with Crippen LogP contribution in [0.2, 0.25) is 0 Å². The fraction of sp³-hybridized carbons (Fsp3) is 0.382. The molecule has 0 saturated carbocycles. The lowest BCUT2D eigenvalue weighted by atomic mass is 10.1. The van der Waals surface area contributed by atoms with E-state index in [9.17, 15) is 0 Å². The summed E-state index contributed by atoms with van der Waals surface area (Å²) in [6.45, 7) is 6.72. The molecule has 0 unspecified atom stereocenters. The highest BCUT2D eigenvalue weighted by Gasteiger charge is 2.18. The first-order chi connectivity index (χ1) is 21.0. The number of hydrogen-bond donors (Lipinski definition) is 0. The van der Waals surface area contributed by atoms with E-state index in [0.717, 1.165) is 54.6 Å². The second kappa shape index (κ2) is 14.8. The standard InChI is InChI=1S/C34H43N5O4/c1-36(2)30-10-7-13-33(22-30)42-19-18-41-25-29-26-43-34(35-29)39(24-28-9-6-12-32(21-28)40-4)23-27-8-5-11-31(20-27)38-16-14-37(3)15-17-38/h5-13,20-22,26H,14-19,23-25H2,1-4H3. The van der Waals surface area contributed by atoms with Crippen LogP contribution >= 0.6 is 0 Å². The number of hydrogen-bond acceptors (Lipinski definition) is 9. The Morgan fingerprint density at radius 2 is 1.56 bits per heavy atom. The lowest BCUT2D eigenvalue weighted by Crippen LogP contribution is -2.44. The molecule has 1 fully saturated rings. The summed E-state index contributed by atoms with van der Waals surface area (Å²) in [5.74, 6) is 1.65. The minimum absolute atomic E-state index is 0.344. The molecule has 0 spiro atoms. The van der Waals surface area contributed by atoms with Gasteiger partial charge in [0.15, 0.2) is 0 Å². The minimum atomic E-state index is 0.344. The Bertz CT molecular complexity index is 1430. The molecule has 3 aromatic carbocycles. The van der Waals surface area contributed by atoms with E-state index in [1.807, 2.05) is 55.4 Å². The molecule has 0 aliphatic carbocycles. The van der Waals surface area contributed by atoms with Crippen LogP contribution in [-0.2, 0) is 24.4 Å². The Morgan fingerprint density at radius 3 is 2.33 bits per heavy atom. The van der Waals surface area contributed by atoms with Gasteiger partial charge < -0.3 is 38.2 Å². The van der Waals surface area contributed by atoms with Crippen molar-refractivity contribution in [2.75, 3.05) is 82.3 Å². The first-order valence-corrected chi connectivity index (χ1v) is 14.8. The number of benzene rings is 3. The molecular weight excluding hydrogens is 542 g/mol. The van der Waals surface area contributed by atoms with Gasteiger partial charge in [0.2, 0.25) is 0 Å². The smallest absolute Gasteiger partial charge is 0.298 e. The molecule has 0 amide bonds. The zero-order chi connectivity index (χ0) is 30.0. The summed E-state index contributed by atoms with van der Waals surface area (Å²) >= 11 is 0. The van der Waals surface area contributed by atoms with Crippen LogP contribution in [-0.4, -0.2) is 77.5 Å². The molecule has 43 heavy (non-hydrogen) atoms. The maximum Gasteiger partial charge on any atom is 0.298 e. The Kier molecular flexibility index (Phi) is 10.4. The molecule has 1 aliphatic heterocycles.